The Labute approximate surface area is 135 Å². The van der Waals surface area contributed by atoms with Crippen molar-refractivity contribution in [2.75, 3.05) is 7.11 Å². The second-order valence-corrected chi connectivity index (χ2v) is 7.87. The number of rotatable bonds is 4. The third-order valence-electron chi connectivity index (χ3n) is 3.74. The third-order valence-corrected chi connectivity index (χ3v) is 6.82. The van der Waals surface area contributed by atoms with Crippen LogP contribution in [0.1, 0.15) is 0 Å². The van der Waals surface area contributed by atoms with Crippen LogP contribution >= 0.6 is 7.14 Å². The summed E-state index contributed by atoms with van der Waals surface area (Å²) in [7, 11) is -1.60. The quantitative estimate of drug-likeness (QED) is 0.750. The van der Waals surface area contributed by atoms with E-state index in [2.05, 4.69) is 0 Å². The van der Waals surface area contributed by atoms with Crippen molar-refractivity contribution in [1.29, 1.82) is 0 Å². The molecule has 3 nitrogen and oxygen atoms in total. The van der Waals surface area contributed by atoms with Crippen LogP contribution in [-0.2, 0) is 4.57 Å². The fourth-order valence-electron chi connectivity index (χ4n) is 2.63. The monoisotopic (exact) mass is 324 g/mol. The van der Waals surface area contributed by atoms with Crippen LogP contribution in [0, 0.1) is 0 Å². The Balaban J connectivity index is 2.35. The van der Waals surface area contributed by atoms with Gasteiger partial charge < -0.3 is 14.4 Å². The van der Waals surface area contributed by atoms with E-state index in [1.54, 1.807) is 6.07 Å². The van der Waals surface area contributed by atoms with Crippen molar-refractivity contribution >= 4 is 23.1 Å². The van der Waals surface area contributed by atoms with Gasteiger partial charge in [0.05, 0.1) is 12.4 Å². The molecule has 23 heavy (non-hydrogen) atoms. The van der Waals surface area contributed by atoms with E-state index in [-0.39, 0.29) is 5.75 Å². The first kappa shape index (κ1) is 15.4. The average molecular weight is 324 g/mol. The second-order valence-electron chi connectivity index (χ2n) is 5.14. The van der Waals surface area contributed by atoms with Gasteiger partial charge in [-0.05, 0) is 18.2 Å². The maximum atomic E-state index is 14.2. The van der Waals surface area contributed by atoms with Crippen molar-refractivity contribution in [3.8, 4) is 11.5 Å². The Hall–Kier alpha value is -2.51. The summed E-state index contributed by atoms with van der Waals surface area (Å²) < 4.78 is 19.6. The van der Waals surface area contributed by atoms with E-state index < -0.39 is 7.14 Å². The normalized spacial score (nSPS) is 11.2. The summed E-state index contributed by atoms with van der Waals surface area (Å²) in [6.45, 7) is 0. The summed E-state index contributed by atoms with van der Waals surface area (Å²) in [5.74, 6) is 0.562. The molecular weight excluding hydrogens is 307 g/mol. The molecule has 3 rings (SSSR count). The van der Waals surface area contributed by atoms with Crippen LogP contribution in [0.4, 0.5) is 0 Å². The van der Waals surface area contributed by atoms with E-state index in [1.165, 1.54) is 19.2 Å². The van der Waals surface area contributed by atoms with Crippen molar-refractivity contribution in [1.82, 2.24) is 0 Å². The number of ether oxygens (including phenoxy) is 1. The largest absolute Gasteiger partial charge is 0.508 e. The molecule has 0 saturated carbocycles. The molecule has 0 saturated heterocycles. The van der Waals surface area contributed by atoms with E-state index >= 15 is 0 Å². The molecule has 0 aliphatic rings. The molecule has 0 unspecified atom stereocenters. The SMILES string of the molecule is COc1ccc(O)cc1P(=O)(c1ccccc1)c1ccccc1. The van der Waals surface area contributed by atoms with E-state index in [0.717, 1.165) is 0 Å². The maximum absolute atomic E-state index is 14.2. The van der Waals surface area contributed by atoms with Crippen molar-refractivity contribution in [2.24, 2.45) is 0 Å². The van der Waals surface area contributed by atoms with Crippen molar-refractivity contribution in [3.05, 3.63) is 78.9 Å². The highest BCUT2D eigenvalue weighted by Crippen LogP contribution is 2.45. The van der Waals surface area contributed by atoms with Gasteiger partial charge >= 0.3 is 0 Å². The smallest absolute Gasteiger partial charge is 0.174 e. The Morgan fingerprint density at radius 2 is 1.35 bits per heavy atom. The van der Waals surface area contributed by atoms with Crippen LogP contribution in [0.25, 0.3) is 0 Å². The highest BCUT2D eigenvalue weighted by atomic mass is 31.2. The zero-order chi connectivity index (χ0) is 16.3. The van der Waals surface area contributed by atoms with Crippen LogP contribution in [0.3, 0.4) is 0 Å². The van der Waals surface area contributed by atoms with Crippen LogP contribution < -0.4 is 20.7 Å². The number of hydrogen-bond acceptors (Lipinski definition) is 3. The summed E-state index contributed by atoms with van der Waals surface area (Å²) in [6, 6.07) is 23.3. The Kier molecular flexibility index (Phi) is 4.22. The van der Waals surface area contributed by atoms with E-state index in [4.69, 9.17) is 4.74 Å². The van der Waals surface area contributed by atoms with Gasteiger partial charge in [0.1, 0.15) is 11.5 Å². The minimum atomic E-state index is -3.14. The predicted octanol–water partition coefficient (Wildman–Crippen LogP) is 3.04. The Morgan fingerprint density at radius 1 is 0.826 bits per heavy atom. The number of benzene rings is 3. The third kappa shape index (κ3) is 2.76. The molecule has 0 bridgehead atoms. The minimum absolute atomic E-state index is 0.0629. The molecule has 0 radical (unpaired) electrons. The molecule has 0 fully saturated rings. The van der Waals surface area contributed by atoms with Crippen molar-refractivity contribution < 1.29 is 14.4 Å². The Morgan fingerprint density at radius 3 is 1.83 bits per heavy atom. The van der Waals surface area contributed by atoms with Crippen LogP contribution in [0.5, 0.6) is 11.5 Å². The minimum Gasteiger partial charge on any atom is -0.508 e. The van der Waals surface area contributed by atoms with Crippen LogP contribution in [0.2, 0.25) is 0 Å². The predicted molar refractivity (Wildman–Crippen MR) is 94.1 cm³/mol. The van der Waals surface area contributed by atoms with Gasteiger partial charge in [-0.25, -0.2) is 0 Å². The van der Waals surface area contributed by atoms with Gasteiger partial charge in [0, 0.05) is 10.6 Å². The fourth-order valence-corrected chi connectivity index (χ4v) is 5.46. The molecule has 3 aromatic carbocycles. The molecule has 3 aromatic rings. The molecule has 0 aliphatic heterocycles. The fraction of sp³-hybridized carbons (Fsp3) is 0.0526. The lowest BCUT2D eigenvalue weighted by molar-refractivity contribution is 0.415. The first-order valence-corrected chi connectivity index (χ1v) is 8.96. The van der Waals surface area contributed by atoms with Crippen LogP contribution in [-0.4, -0.2) is 12.2 Å². The summed E-state index contributed by atoms with van der Waals surface area (Å²) in [5.41, 5.74) is 0. The van der Waals surface area contributed by atoms with Crippen LogP contribution in [0.15, 0.2) is 78.9 Å². The molecule has 0 amide bonds. The molecule has 0 atom stereocenters. The maximum Gasteiger partial charge on any atom is 0.174 e. The van der Waals surface area contributed by atoms with Gasteiger partial charge in [-0.1, -0.05) is 60.7 Å². The molecule has 0 heterocycles. The van der Waals surface area contributed by atoms with E-state index in [0.29, 0.717) is 21.7 Å². The highest BCUT2D eigenvalue weighted by molar-refractivity contribution is 7.85. The lowest BCUT2D eigenvalue weighted by Crippen LogP contribution is -2.26. The van der Waals surface area contributed by atoms with Gasteiger partial charge in [0.25, 0.3) is 0 Å². The standard InChI is InChI=1S/C19H17O3P/c1-22-18-13-12-15(20)14-19(18)23(21,16-8-4-2-5-9-16)17-10-6-3-7-11-17/h2-14,20H,1H3. The lowest BCUT2D eigenvalue weighted by Gasteiger charge is -2.22. The molecule has 0 aliphatic carbocycles. The molecule has 0 aromatic heterocycles. The van der Waals surface area contributed by atoms with E-state index in [9.17, 15) is 9.67 Å². The summed E-state index contributed by atoms with van der Waals surface area (Å²) in [6.07, 6.45) is 0. The molecular formula is C19H17O3P. The number of methoxy groups -OCH3 is 1. The van der Waals surface area contributed by atoms with Gasteiger partial charge in [0.15, 0.2) is 7.14 Å². The number of phenolic OH excluding ortho intramolecular Hbond substituents is 1. The number of aromatic hydroxyl groups is 1. The van der Waals surface area contributed by atoms with Gasteiger partial charge in [-0.2, -0.15) is 0 Å². The van der Waals surface area contributed by atoms with Crippen molar-refractivity contribution in [2.45, 2.75) is 0 Å². The summed E-state index contributed by atoms with van der Waals surface area (Å²) in [4.78, 5) is 0. The zero-order valence-corrected chi connectivity index (χ0v) is 13.6. The van der Waals surface area contributed by atoms with E-state index in [1.807, 2.05) is 60.7 Å². The Bertz CT molecular complexity index is 802. The van der Waals surface area contributed by atoms with Gasteiger partial charge in [0.2, 0.25) is 0 Å². The summed E-state index contributed by atoms with van der Waals surface area (Å²) in [5, 5.41) is 11.8. The van der Waals surface area contributed by atoms with Gasteiger partial charge in [-0.15, -0.1) is 0 Å². The second kappa shape index (κ2) is 6.31. The molecule has 4 heteroatoms. The molecule has 116 valence electrons. The first-order valence-electron chi connectivity index (χ1n) is 7.25. The lowest BCUT2D eigenvalue weighted by atomic mass is 10.3. The zero-order valence-electron chi connectivity index (χ0n) is 12.7. The van der Waals surface area contributed by atoms with Gasteiger partial charge in [-0.3, -0.25) is 0 Å². The number of phenols is 1. The summed E-state index contributed by atoms with van der Waals surface area (Å²) >= 11 is 0. The molecule has 1 N–H and O–H groups in total. The number of hydrogen-bond donors (Lipinski definition) is 1. The molecule has 0 spiro atoms. The van der Waals surface area contributed by atoms with Crippen molar-refractivity contribution in [3.63, 3.8) is 0 Å². The average Bonchev–Trinajstić information content (AvgIpc) is 2.62. The first-order chi connectivity index (χ1) is 11.2. The topological polar surface area (TPSA) is 46.5 Å². The highest BCUT2D eigenvalue weighted by Gasteiger charge is 2.32.